The van der Waals surface area contributed by atoms with E-state index in [1.165, 1.54) is 17.0 Å². The first-order valence-corrected chi connectivity index (χ1v) is 7.75. The molecule has 0 aliphatic rings. The van der Waals surface area contributed by atoms with Crippen LogP contribution >= 0.6 is 0 Å². The summed E-state index contributed by atoms with van der Waals surface area (Å²) in [6, 6.07) is 3.82. The van der Waals surface area contributed by atoms with Gasteiger partial charge in [-0.25, -0.2) is 17.9 Å². The van der Waals surface area contributed by atoms with E-state index in [1.54, 1.807) is 20.9 Å². The summed E-state index contributed by atoms with van der Waals surface area (Å²) in [5, 5.41) is 8.91. The van der Waals surface area contributed by atoms with E-state index in [9.17, 15) is 18.0 Å². The number of carbonyl (C=O) groups excluding carboxylic acids is 1. The van der Waals surface area contributed by atoms with Crippen molar-refractivity contribution in [1.82, 2.24) is 9.62 Å². The highest BCUT2D eigenvalue weighted by Crippen LogP contribution is 2.17. The SMILES string of the molecule is CCN(C)C(=O)CNS(=O)(=O)c1cc(C(=O)O)ccc1C. The van der Waals surface area contributed by atoms with Crippen LogP contribution in [0.2, 0.25) is 0 Å². The van der Waals surface area contributed by atoms with Crippen LogP contribution in [-0.2, 0) is 14.8 Å². The molecule has 0 radical (unpaired) electrons. The second-order valence-electron chi connectivity index (χ2n) is 4.52. The number of carboxylic acid groups (broad SMARTS) is 1. The fourth-order valence-electron chi connectivity index (χ4n) is 1.57. The van der Waals surface area contributed by atoms with Crippen LogP contribution in [0.25, 0.3) is 0 Å². The Morgan fingerprint density at radius 3 is 2.48 bits per heavy atom. The third kappa shape index (κ3) is 4.27. The van der Waals surface area contributed by atoms with Gasteiger partial charge in [-0.2, -0.15) is 0 Å². The van der Waals surface area contributed by atoms with Crippen LogP contribution in [0.5, 0.6) is 0 Å². The van der Waals surface area contributed by atoms with Crippen LogP contribution in [0.1, 0.15) is 22.8 Å². The summed E-state index contributed by atoms with van der Waals surface area (Å²) < 4.78 is 26.5. The molecule has 1 amide bonds. The zero-order valence-corrected chi connectivity index (χ0v) is 12.9. The second kappa shape index (κ2) is 6.68. The Hall–Kier alpha value is -1.93. The molecule has 1 rings (SSSR count). The fraction of sp³-hybridized carbons (Fsp3) is 0.385. The molecule has 0 bridgehead atoms. The highest BCUT2D eigenvalue weighted by atomic mass is 32.2. The molecule has 0 atom stereocenters. The minimum absolute atomic E-state index is 0.127. The number of benzene rings is 1. The maximum atomic E-state index is 12.2. The zero-order valence-electron chi connectivity index (χ0n) is 12.1. The topological polar surface area (TPSA) is 104 Å². The summed E-state index contributed by atoms with van der Waals surface area (Å²) in [7, 11) is -2.38. The second-order valence-corrected chi connectivity index (χ2v) is 6.25. The Morgan fingerprint density at radius 2 is 1.95 bits per heavy atom. The van der Waals surface area contributed by atoms with Gasteiger partial charge in [0.25, 0.3) is 0 Å². The summed E-state index contributed by atoms with van der Waals surface area (Å²) in [4.78, 5) is 23.8. The molecule has 0 spiro atoms. The molecule has 0 aromatic heterocycles. The van der Waals surface area contributed by atoms with Crippen molar-refractivity contribution in [2.45, 2.75) is 18.7 Å². The molecule has 0 saturated heterocycles. The van der Waals surface area contributed by atoms with Gasteiger partial charge in [0.15, 0.2) is 0 Å². The Labute approximate surface area is 123 Å². The van der Waals surface area contributed by atoms with E-state index in [0.717, 1.165) is 6.07 Å². The lowest BCUT2D eigenvalue weighted by atomic mass is 10.1. The van der Waals surface area contributed by atoms with Crippen molar-refractivity contribution >= 4 is 21.9 Å². The molecule has 0 heterocycles. The predicted octanol–water partition coefficient (Wildman–Crippen LogP) is 0.450. The highest BCUT2D eigenvalue weighted by molar-refractivity contribution is 7.89. The first-order valence-electron chi connectivity index (χ1n) is 6.26. The molecule has 0 aliphatic heterocycles. The van der Waals surface area contributed by atoms with Crippen molar-refractivity contribution < 1.29 is 23.1 Å². The Morgan fingerprint density at radius 1 is 1.33 bits per heavy atom. The molecule has 1 aromatic carbocycles. The number of hydrogen-bond donors (Lipinski definition) is 2. The van der Waals surface area contributed by atoms with Gasteiger partial charge >= 0.3 is 5.97 Å². The number of hydrogen-bond acceptors (Lipinski definition) is 4. The number of sulfonamides is 1. The average Bonchev–Trinajstić information content (AvgIpc) is 2.43. The van der Waals surface area contributed by atoms with Crippen LogP contribution in [0.3, 0.4) is 0 Å². The first kappa shape index (κ1) is 17.1. The number of likely N-dealkylation sites (N-methyl/N-ethyl adjacent to an activating group) is 1. The van der Waals surface area contributed by atoms with Crippen molar-refractivity contribution in [3.63, 3.8) is 0 Å². The lowest BCUT2D eigenvalue weighted by Crippen LogP contribution is -2.38. The number of aryl methyl sites for hydroxylation is 1. The number of rotatable bonds is 6. The van der Waals surface area contributed by atoms with Gasteiger partial charge in [-0.15, -0.1) is 0 Å². The van der Waals surface area contributed by atoms with Crippen LogP contribution in [0.4, 0.5) is 0 Å². The van der Waals surface area contributed by atoms with Gasteiger partial charge in [-0.1, -0.05) is 6.07 Å². The molecule has 1 aromatic rings. The molecule has 0 aliphatic carbocycles. The van der Waals surface area contributed by atoms with Gasteiger partial charge in [0.2, 0.25) is 15.9 Å². The molecule has 0 unspecified atom stereocenters. The molecule has 0 fully saturated rings. The van der Waals surface area contributed by atoms with E-state index in [-0.39, 0.29) is 22.9 Å². The fourth-order valence-corrected chi connectivity index (χ4v) is 2.81. The highest BCUT2D eigenvalue weighted by Gasteiger charge is 2.20. The number of nitrogens with one attached hydrogen (secondary N) is 1. The van der Waals surface area contributed by atoms with Crippen LogP contribution < -0.4 is 4.72 Å². The minimum atomic E-state index is -3.94. The monoisotopic (exact) mass is 314 g/mol. The average molecular weight is 314 g/mol. The maximum absolute atomic E-state index is 12.2. The summed E-state index contributed by atoms with van der Waals surface area (Å²) >= 11 is 0. The quantitative estimate of drug-likeness (QED) is 0.793. The van der Waals surface area contributed by atoms with Crippen molar-refractivity contribution in [2.75, 3.05) is 20.1 Å². The molecule has 0 saturated carbocycles. The molecule has 116 valence electrons. The largest absolute Gasteiger partial charge is 0.478 e. The maximum Gasteiger partial charge on any atom is 0.335 e. The number of amides is 1. The summed E-state index contributed by atoms with van der Waals surface area (Å²) in [6.07, 6.45) is 0. The Bertz CT molecular complexity index is 655. The Balaban J connectivity index is 3.00. The molecule has 21 heavy (non-hydrogen) atoms. The molecular formula is C13H18N2O5S. The van der Waals surface area contributed by atoms with Gasteiger partial charge in [0.05, 0.1) is 17.0 Å². The lowest BCUT2D eigenvalue weighted by molar-refractivity contribution is -0.128. The van der Waals surface area contributed by atoms with Gasteiger partial charge in [0.1, 0.15) is 0 Å². The molecule has 7 nitrogen and oxygen atoms in total. The van der Waals surface area contributed by atoms with Crippen LogP contribution in [0.15, 0.2) is 23.1 Å². The van der Waals surface area contributed by atoms with Gasteiger partial charge in [-0.05, 0) is 31.5 Å². The summed E-state index contributed by atoms with van der Waals surface area (Å²) in [5.74, 6) is -1.58. The number of carbonyl (C=O) groups is 2. The normalized spacial score (nSPS) is 11.2. The third-order valence-electron chi connectivity index (χ3n) is 3.04. The van der Waals surface area contributed by atoms with Gasteiger partial charge < -0.3 is 10.0 Å². The molecular weight excluding hydrogens is 296 g/mol. The van der Waals surface area contributed by atoms with E-state index in [1.807, 2.05) is 0 Å². The Kier molecular flexibility index (Phi) is 5.45. The van der Waals surface area contributed by atoms with E-state index in [2.05, 4.69) is 4.72 Å². The van der Waals surface area contributed by atoms with Crippen LogP contribution in [-0.4, -0.2) is 50.4 Å². The van der Waals surface area contributed by atoms with Crippen molar-refractivity contribution in [2.24, 2.45) is 0 Å². The number of carboxylic acids is 1. The number of aromatic carboxylic acids is 1. The zero-order chi connectivity index (χ0) is 16.2. The van der Waals surface area contributed by atoms with Crippen LogP contribution in [0, 0.1) is 6.92 Å². The van der Waals surface area contributed by atoms with Gasteiger partial charge in [-0.3, -0.25) is 4.79 Å². The third-order valence-corrected chi connectivity index (χ3v) is 4.58. The summed E-state index contributed by atoms with van der Waals surface area (Å²) in [5.41, 5.74) is 0.279. The minimum Gasteiger partial charge on any atom is -0.478 e. The standard InChI is InChI=1S/C13H18N2O5S/c1-4-15(3)12(16)8-14-21(19,20)11-7-10(13(17)18)6-5-9(11)2/h5-7,14H,4,8H2,1-3H3,(H,17,18). The smallest absolute Gasteiger partial charge is 0.335 e. The van der Waals surface area contributed by atoms with E-state index >= 15 is 0 Å². The number of nitrogens with zero attached hydrogens (tertiary/aromatic N) is 1. The van der Waals surface area contributed by atoms with Gasteiger partial charge in [0, 0.05) is 13.6 Å². The van der Waals surface area contributed by atoms with E-state index in [4.69, 9.17) is 5.11 Å². The predicted molar refractivity (Wildman–Crippen MR) is 76.6 cm³/mol. The molecule has 2 N–H and O–H groups in total. The van der Waals surface area contributed by atoms with Crippen molar-refractivity contribution in [3.05, 3.63) is 29.3 Å². The van der Waals surface area contributed by atoms with E-state index < -0.39 is 16.0 Å². The van der Waals surface area contributed by atoms with Crippen molar-refractivity contribution in [3.8, 4) is 0 Å². The van der Waals surface area contributed by atoms with Crippen molar-refractivity contribution in [1.29, 1.82) is 0 Å². The van der Waals surface area contributed by atoms with E-state index in [0.29, 0.717) is 12.1 Å². The first-order chi connectivity index (χ1) is 9.69. The molecule has 8 heteroatoms. The lowest BCUT2D eigenvalue weighted by Gasteiger charge is -2.15. The summed E-state index contributed by atoms with van der Waals surface area (Å²) in [6.45, 7) is 3.42.